The summed E-state index contributed by atoms with van der Waals surface area (Å²) in [7, 11) is 3.20. The normalized spacial score (nSPS) is 11.5. The van der Waals surface area contributed by atoms with Crippen LogP contribution in [-0.4, -0.2) is 33.8 Å². The van der Waals surface area contributed by atoms with Crippen molar-refractivity contribution < 1.29 is 18.6 Å². The summed E-state index contributed by atoms with van der Waals surface area (Å²) in [5.74, 6) is 1.95. The van der Waals surface area contributed by atoms with E-state index in [1.54, 1.807) is 30.1 Å². The van der Waals surface area contributed by atoms with E-state index in [1.165, 1.54) is 11.3 Å². The van der Waals surface area contributed by atoms with Crippen LogP contribution in [0.4, 0.5) is 0 Å². The van der Waals surface area contributed by atoms with E-state index in [9.17, 15) is 0 Å². The highest BCUT2D eigenvalue weighted by Gasteiger charge is 2.17. The summed E-state index contributed by atoms with van der Waals surface area (Å²) in [6, 6.07) is 5.62. The number of imidazole rings is 1. The van der Waals surface area contributed by atoms with Gasteiger partial charge >= 0.3 is 0 Å². The van der Waals surface area contributed by atoms with E-state index in [4.69, 9.17) is 18.6 Å². The van der Waals surface area contributed by atoms with Gasteiger partial charge in [0.2, 0.25) is 4.96 Å². The maximum Gasteiger partial charge on any atom is 0.294 e. The third-order valence-electron chi connectivity index (χ3n) is 4.62. The topological polar surface area (TPSA) is 83.9 Å². The molecule has 0 radical (unpaired) electrons. The number of thiazole rings is 1. The lowest BCUT2D eigenvalue weighted by Crippen LogP contribution is -1.98. The molecule has 5 aromatic rings. The molecule has 4 aromatic heterocycles. The smallest absolute Gasteiger partial charge is 0.294 e. The average molecular weight is 443 g/mol. The molecule has 0 aliphatic heterocycles. The lowest BCUT2D eigenvalue weighted by molar-refractivity contribution is 0.302. The van der Waals surface area contributed by atoms with Gasteiger partial charge in [-0.05, 0) is 31.3 Å². The standard InChI is InChI=1S/C20H18N4O4S2/c1-10-15(21-11(2)29-10)9-27-16-5-12(25-3)6-17-13(16)7-18(28-17)14-8-24-19(22-14)30-20(23-24)26-4/h5-8H,9H2,1-4H3. The SMILES string of the molecule is COc1cc(OCc2nc(C)sc2C)c2cc(-c3cn4nc(OC)sc4n3)oc2c1. The number of rotatable bonds is 6. The summed E-state index contributed by atoms with van der Waals surface area (Å²) in [4.78, 5) is 11.0. The number of fused-ring (bicyclic) bond motifs is 2. The summed E-state index contributed by atoms with van der Waals surface area (Å²) in [6.07, 6.45) is 1.81. The van der Waals surface area contributed by atoms with Crippen molar-refractivity contribution in [3.8, 4) is 28.1 Å². The number of nitrogens with zero attached hydrogens (tertiary/aromatic N) is 4. The first-order chi connectivity index (χ1) is 14.5. The lowest BCUT2D eigenvalue weighted by Gasteiger charge is -2.08. The zero-order valence-corrected chi connectivity index (χ0v) is 18.4. The minimum Gasteiger partial charge on any atom is -0.496 e. The van der Waals surface area contributed by atoms with Crippen LogP contribution in [-0.2, 0) is 6.61 Å². The third-order valence-corrected chi connectivity index (χ3v) is 6.44. The highest BCUT2D eigenvalue weighted by Crippen LogP contribution is 2.37. The highest BCUT2D eigenvalue weighted by atomic mass is 32.1. The number of hydrogen-bond acceptors (Lipinski definition) is 9. The summed E-state index contributed by atoms with van der Waals surface area (Å²) in [5, 5.41) is 6.73. The van der Waals surface area contributed by atoms with Gasteiger partial charge in [0, 0.05) is 17.0 Å². The van der Waals surface area contributed by atoms with E-state index < -0.39 is 0 Å². The van der Waals surface area contributed by atoms with Gasteiger partial charge in [0.15, 0.2) is 5.76 Å². The average Bonchev–Trinajstić information content (AvgIpc) is 3.47. The van der Waals surface area contributed by atoms with Gasteiger partial charge in [0.05, 0.1) is 36.5 Å². The summed E-state index contributed by atoms with van der Waals surface area (Å²) < 4.78 is 24.4. The van der Waals surface area contributed by atoms with Gasteiger partial charge in [-0.2, -0.15) is 0 Å². The summed E-state index contributed by atoms with van der Waals surface area (Å²) >= 11 is 3.03. The van der Waals surface area contributed by atoms with E-state index in [0.29, 0.717) is 40.3 Å². The highest BCUT2D eigenvalue weighted by molar-refractivity contribution is 7.18. The number of furan rings is 1. The second-order valence-electron chi connectivity index (χ2n) is 6.60. The predicted molar refractivity (Wildman–Crippen MR) is 115 cm³/mol. The van der Waals surface area contributed by atoms with Crippen LogP contribution in [0.25, 0.3) is 27.4 Å². The molecule has 0 saturated carbocycles. The number of hydrogen-bond donors (Lipinski definition) is 0. The number of aromatic nitrogens is 4. The molecular formula is C20H18N4O4S2. The number of methoxy groups -OCH3 is 2. The Morgan fingerprint density at radius 3 is 2.63 bits per heavy atom. The van der Waals surface area contributed by atoms with E-state index in [0.717, 1.165) is 25.9 Å². The van der Waals surface area contributed by atoms with Crippen LogP contribution < -0.4 is 14.2 Å². The first-order valence-electron chi connectivity index (χ1n) is 9.12. The van der Waals surface area contributed by atoms with Crippen LogP contribution in [0.1, 0.15) is 15.6 Å². The molecule has 0 spiro atoms. The quantitative estimate of drug-likeness (QED) is 0.371. The van der Waals surface area contributed by atoms with Crippen LogP contribution in [0.15, 0.2) is 28.8 Å². The lowest BCUT2D eigenvalue weighted by atomic mass is 10.2. The minimum absolute atomic E-state index is 0.378. The van der Waals surface area contributed by atoms with Crippen molar-refractivity contribution in [3.05, 3.63) is 40.0 Å². The first kappa shape index (κ1) is 18.9. The fourth-order valence-corrected chi connectivity index (χ4v) is 4.70. The number of benzene rings is 1. The van der Waals surface area contributed by atoms with Crippen molar-refractivity contribution in [1.82, 2.24) is 19.6 Å². The van der Waals surface area contributed by atoms with Gasteiger partial charge in [-0.3, -0.25) is 0 Å². The molecule has 5 rings (SSSR count). The van der Waals surface area contributed by atoms with Gasteiger partial charge in [-0.25, -0.2) is 14.5 Å². The molecule has 0 saturated heterocycles. The van der Waals surface area contributed by atoms with Crippen molar-refractivity contribution in [3.63, 3.8) is 0 Å². The maximum absolute atomic E-state index is 6.12. The van der Waals surface area contributed by atoms with Gasteiger partial charge in [0.25, 0.3) is 5.19 Å². The van der Waals surface area contributed by atoms with Crippen molar-refractivity contribution in [2.24, 2.45) is 0 Å². The Kier molecular flexibility index (Phi) is 4.59. The van der Waals surface area contributed by atoms with E-state index >= 15 is 0 Å². The Labute approximate surface area is 179 Å². The Balaban J connectivity index is 1.52. The zero-order chi connectivity index (χ0) is 20.8. The van der Waals surface area contributed by atoms with E-state index in [1.807, 2.05) is 38.2 Å². The Morgan fingerprint density at radius 2 is 1.93 bits per heavy atom. The largest absolute Gasteiger partial charge is 0.496 e. The predicted octanol–water partition coefficient (Wildman–Crippen LogP) is 4.87. The van der Waals surface area contributed by atoms with Crippen LogP contribution >= 0.6 is 22.7 Å². The summed E-state index contributed by atoms with van der Waals surface area (Å²) in [6.45, 7) is 4.42. The Hall–Kier alpha value is -3.11. The summed E-state index contributed by atoms with van der Waals surface area (Å²) in [5.41, 5.74) is 2.28. The van der Waals surface area contributed by atoms with Crippen molar-refractivity contribution >= 4 is 38.6 Å². The molecule has 0 aliphatic rings. The molecule has 0 amide bonds. The molecule has 8 nitrogen and oxygen atoms in total. The molecule has 0 fully saturated rings. The zero-order valence-electron chi connectivity index (χ0n) is 16.8. The van der Waals surface area contributed by atoms with Crippen LogP contribution in [0, 0.1) is 13.8 Å². The molecule has 0 N–H and O–H groups in total. The van der Waals surface area contributed by atoms with E-state index in [-0.39, 0.29) is 0 Å². The Morgan fingerprint density at radius 1 is 1.07 bits per heavy atom. The van der Waals surface area contributed by atoms with Gasteiger partial charge < -0.3 is 18.6 Å². The first-order valence-corrected chi connectivity index (χ1v) is 10.7. The number of aryl methyl sites for hydroxylation is 2. The van der Waals surface area contributed by atoms with Crippen molar-refractivity contribution in [2.45, 2.75) is 20.5 Å². The molecular weight excluding hydrogens is 424 g/mol. The molecule has 10 heteroatoms. The fraction of sp³-hybridized carbons (Fsp3) is 0.250. The second-order valence-corrected chi connectivity index (χ2v) is 8.92. The molecule has 154 valence electrons. The van der Waals surface area contributed by atoms with Crippen molar-refractivity contribution in [1.29, 1.82) is 0 Å². The second kappa shape index (κ2) is 7.29. The van der Waals surface area contributed by atoms with Gasteiger partial charge in [-0.15, -0.1) is 16.4 Å². The van der Waals surface area contributed by atoms with Crippen LogP contribution in [0.3, 0.4) is 0 Å². The van der Waals surface area contributed by atoms with Crippen molar-refractivity contribution in [2.75, 3.05) is 14.2 Å². The molecule has 0 aliphatic carbocycles. The monoisotopic (exact) mass is 442 g/mol. The molecule has 0 unspecified atom stereocenters. The molecule has 0 bridgehead atoms. The molecule has 1 aromatic carbocycles. The molecule has 4 heterocycles. The fourth-order valence-electron chi connectivity index (χ4n) is 3.18. The van der Waals surface area contributed by atoms with Crippen LogP contribution in [0.5, 0.6) is 16.7 Å². The third kappa shape index (κ3) is 3.27. The van der Waals surface area contributed by atoms with Gasteiger partial charge in [0.1, 0.15) is 29.4 Å². The van der Waals surface area contributed by atoms with Crippen LogP contribution in [0.2, 0.25) is 0 Å². The van der Waals surface area contributed by atoms with Gasteiger partial charge in [-0.1, -0.05) is 0 Å². The maximum atomic E-state index is 6.12. The number of ether oxygens (including phenoxy) is 3. The minimum atomic E-state index is 0.378. The Bertz CT molecular complexity index is 1330. The molecule has 30 heavy (non-hydrogen) atoms. The van der Waals surface area contributed by atoms with E-state index in [2.05, 4.69) is 15.1 Å². The molecule has 0 atom stereocenters.